The number of allylic oxidation sites excluding steroid dienone is 4. The van der Waals surface area contributed by atoms with Gasteiger partial charge in [-0.3, -0.25) is 9.69 Å². The zero-order valence-corrected chi connectivity index (χ0v) is 17.0. The van der Waals surface area contributed by atoms with E-state index in [1.54, 1.807) is 41.3 Å². The van der Waals surface area contributed by atoms with Crippen LogP contribution in [0, 0.1) is 0 Å². The van der Waals surface area contributed by atoms with Gasteiger partial charge in [0.1, 0.15) is 23.3 Å². The number of carboxylic acid groups (broad SMARTS) is 1. The molecule has 0 saturated carbocycles. The molecule has 2 aliphatic carbocycles. The second-order valence-corrected chi connectivity index (χ2v) is 8.53. The molecule has 0 amide bonds. The number of halogens is 1. The van der Waals surface area contributed by atoms with Gasteiger partial charge in [-0.25, -0.2) is 9.18 Å². The van der Waals surface area contributed by atoms with Crippen LogP contribution in [0.3, 0.4) is 0 Å². The quantitative estimate of drug-likeness (QED) is 0.691. The van der Waals surface area contributed by atoms with Crippen molar-refractivity contribution >= 4 is 17.4 Å². The summed E-state index contributed by atoms with van der Waals surface area (Å²) in [7, 11) is 0. The summed E-state index contributed by atoms with van der Waals surface area (Å²) in [5, 5.41) is 9.88. The van der Waals surface area contributed by atoms with Crippen molar-refractivity contribution in [1.29, 1.82) is 0 Å². The number of para-hydroxylation sites is 2. The van der Waals surface area contributed by atoms with E-state index in [9.17, 15) is 14.7 Å². The fourth-order valence-corrected chi connectivity index (χ4v) is 5.39. The van der Waals surface area contributed by atoms with Crippen molar-refractivity contribution < 1.29 is 23.8 Å². The lowest BCUT2D eigenvalue weighted by Crippen LogP contribution is -2.60. The van der Waals surface area contributed by atoms with E-state index in [0.717, 1.165) is 6.42 Å². The number of Topliss-reactive ketones (excluding diaryl/α,β-unsaturated/α-hetero) is 1. The Hall–Kier alpha value is -3.49. The van der Waals surface area contributed by atoms with Crippen LogP contribution in [0.5, 0.6) is 5.75 Å². The van der Waals surface area contributed by atoms with E-state index >= 15 is 4.39 Å². The van der Waals surface area contributed by atoms with Gasteiger partial charge in [0.2, 0.25) is 5.78 Å². The van der Waals surface area contributed by atoms with Crippen molar-refractivity contribution in [3.05, 3.63) is 82.9 Å². The number of hydrogen-bond donors (Lipinski definition) is 2. The topological polar surface area (TPSA) is 96.1 Å². The standard InChI is InChI=1S/C24H20FN3O4/c25-16-11-14-20(29)19(23(30)31)15-5-3-4-9-24(15)21(14)28(17-6-1-2-7-18(17)32-24)22(16)27-10-8-13(26)12-27/h1-7,9,11,13,22H,8,10,12,26H2,(H,30,31). The van der Waals surface area contributed by atoms with Crippen LogP contribution in [0.15, 0.2) is 82.9 Å². The minimum Gasteiger partial charge on any atom is -0.478 e. The summed E-state index contributed by atoms with van der Waals surface area (Å²) in [6.45, 7) is 1.11. The maximum absolute atomic E-state index is 15.7. The number of ketones is 1. The number of aliphatic carboxylic acids is 1. The smallest absolute Gasteiger partial charge is 0.340 e. The zero-order chi connectivity index (χ0) is 22.2. The van der Waals surface area contributed by atoms with E-state index in [-0.39, 0.29) is 17.2 Å². The molecule has 3 atom stereocenters. The molecule has 7 nitrogen and oxygen atoms in total. The van der Waals surface area contributed by atoms with Gasteiger partial charge < -0.3 is 20.5 Å². The molecule has 6 rings (SSSR count). The molecule has 3 aliphatic heterocycles. The molecule has 32 heavy (non-hydrogen) atoms. The van der Waals surface area contributed by atoms with Gasteiger partial charge >= 0.3 is 5.97 Å². The first-order valence-electron chi connectivity index (χ1n) is 10.5. The lowest BCUT2D eigenvalue weighted by Gasteiger charge is -2.53. The van der Waals surface area contributed by atoms with E-state index in [2.05, 4.69) is 0 Å². The highest BCUT2D eigenvalue weighted by Crippen LogP contribution is 2.55. The van der Waals surface area contributed by atoms with Crippen molar-refractivity contribution in [3.8, 4) is 5.75 Å². The summed E-state index contributed by atoms with van der Waals surface area (Å²) in [5.74, 6) is -2.14. The Balaban J connectivity index is 1.66. The van der Waals surface area contributed by atoms with Crippen molar-refractivity contribution in [2.24, 2.45) is 5.73 Å². The van der Waals surface area contributed by atoms with Gasteiger partial charge in [0.05, 0.1) is 11.4 Å². The SMILES string of the molecule is NC1CCN(C2C(F)=CC3=C4N2c2ccccc2OC42C=CC=CC2=C(C(=O)O)C3=O)C1. The first-order valence-corrected chi connectivity index (χ1v) is 10.5. The Morgan fingerprint density at radius 3 is 2.84 bits per heavy atom. The van der Waals surface area contributed by atoms with Crippen LogP contribution in [-0.2, 0) is 9.59 Å². The highest BCUT2D eigenvalue weighted by Gasteiger charge is 2.57. The van der Waals surface area contributed by atoms with Crippen LogP contribution < -0.4 is 15.4 Å². The third kappa shape index (κ3) is 2.36. The number of ether oxygens (including phenoxy) is 1. The number of nitrogens with two attached hydrogens (primary N) is 1. The Labute approximate surface area is 183 Å². The summed E-state index contributed by atoms with van der Waals surface area (Å²) in [4.78, 5) is 29.2. The molecule has 0 radical (unpaired) electrons. The number of anilines is 1. The molecular weight excluding hydrogens is 413 g/mol. The summed E-state index contributed by atoms with van der Waals surface area (Å²) >= 11 is 0. The van der Waals surface area contributed by atoms with Crippen LogP contribution in [0.25, 0.3) is 0 Å². The third-order valence-corrected chi connectivity index (χ3v) is 6.68. The molecule has 1 fully saturated rings. The summed E-state index contributed by atoms with van der Waals surface area (Å²) in [6.07, 6.45) is 7.87. The van der Waals surface area contributed by atoms with Gasteiger partial charge in [0.15, 0.2) is 5.60 Å². The van der Waals surface area contributed by atoms with Crippen molar-refractivity contribution in [3.63, 3.8) is 0 Å². The second-order valence-electron chi connectivity index (χ2n) is 8.53. The Morgan fingerprint density at radius 1 is 1.28 bits per heavy atom. The monoisotopic (exact) mass is 433 g/mol. The molecule has 0 bridgehead atoms. The first-order chi connectivity index (χ1) is 15.4. The first kappa shape index (κ1) is 19.2. The number of benzene rings is 1. The predicted octanol–water partition coefficient (Wildman–Crippen LogP) is 2.19. The van der Waals surface area contributed by atoms with Crippen LogP contribution in [0.4, 0.5) is 10.1 Å². The average Bonchev–Trinajstić information content (AvgIpc) is 3.19. The third-order valence-electron chi connectivity index (χ3n) is 6.68. The maximum atomic E-state index is 15.7. The van der Waals surface area contributed by atoms with Gasteiger partial charge in [0, 0.05) is 30.3 Å². The highest BCUT2D eigenvalue weighted by molar-refractivity contribution is 6.27. The molecule has 8 heteroatoms. The normalized spacial score (nSPS) is 30.6. The average molecular weight is 433 g/mol. The van der Waals surface area contributed by atoms with Gasteiger partial charge in [-0.1, -0.05) is 30.4 Å². The molecule has 1 saturated heterocycles. The van der Waals surface area contributed by atoms with Crippen LogP contribution in [0.2, 0.25) is 0 Å². The van der Waals surface area contributed by atoms with Crippen molar-refractivity contribution in [2.75, 3.05) is 18.0 Å². The Morgan fingerprint density at radius 2 is 2.09 bits per heavy atom. The van der Waals surface area contributed by atoms with Crippen molar-refractivity contribution in [1.82, 2.24) is 4.90 Å². The fourth-order valence-electron chi connectivity index (χ4n) is 5.39. The number of fused-ring (bicyclic) bond motifs is 2. The number of likely N-dealkylation sites (tertiary alicyclic amines) is 1. The minimum absolute atomic E-state index is 0.00199. The molecule has 0 aromatic heterocycles. The molecule has 3 N–H and O–H groups in total. The van der Waals surface area contributed by atoms with Crippen LogP contribution in [-0.4, -0.2) is 52.7 Å². The molecule has 3 heterocycles. The molecule has 3 unspecified atom stereocenters. The number of carbonyl (C=O) groups is 2. The largest absolute Gasteiger partial charge is 0.478 e. The number of rotatable bonds is 2. The lowest BCUT2D eigenvalue weighted by molar-refractivity contribution is -0.134. The number of hydrogen-bond acceptors (Lipinski definition) is 6. The number of carboxylic acids is 1. The Kier molecular flexibility index (Phi) is 3.91. The Bertz CT molecular complexity index is 1240. The number of carbonyl (C=O) groups excluding carboxylic acids is 1. The fraction of sp³-hybridized carbons (Fsp3) is 0.250. The molecule has 1 aromatic rings. The van der Waals surface area contributed by atoms with Gasteiger partial charge in [0.25, 0.3) is 0 Å². The molecule has 1 spiro atoms. The van der Waals surface area contributed by atoms with Crippen LogP contribution >= 0.6 is 0 Å². The minimum atomic E-state index is -1.37. The van der Waals surface area contributed by atoms with Crippen molar-refractivity contribution in [2.45, 2.75) is 24.2 Å². The molecular formula is C24H20FN3O4. The molecule has 5 aliphatic rings. The van der Waals surface area contributed by atoms with Crippen LogP contribution in [0.1, 0.15) is 6.42 Å². The van der Waals surface area contributed by atoms with E-state index < -0.39 is 34.9 Å². The molecule has 162 valence electrons. The highest BCUT2D eigenvalue weighted by atomic mass is 19.1. The maximum Gasteiger partial charge on any atom is 0.340 e. The van der Waals surface area contributed by atoms with E-state index in [4.69, 9.17) is 10.5 Å². The summed E-state index contributed by atoms with van der Waals surface area (Å²) in [5.41, 5.74) is 5.66. The summed E-state index contributed by atoms with van der Waals surface area (Å²) in [6, 6.07) is 7.15. The number of nitrogens with zero attached hydrogens (tertiary/aromatic N) is 2. The van der Waals surface area contributed by atoms with E-state index in [1.807, 2.05) is 17.0 Å². The van der Waals surface area contributed by atoms with Gasteiger partial charge in [-0.15, -0.1) is 0 Å². The summed E-state index contributed by atoms with van der Waals surface area (Å²) < 4.78 is 22.2. The van der Waals surface area contributed by atoms with E-state index in [1.165, 1.54) is 6.08 Å². The molecule has 1 aromatic carbocycles. The van der Waals surface area contributed by atoms with Gasteiger partial charge in [-0.2, -0.15) is 0 Å². The van der Waals surface area contributed by atoms with Gasteiger partial charge in [-0.05, 0) is 30.7 Å². The van der Waals surface area contributed by atoms with E-state index in [0.29, 0.717) is 30.2 Å². The second kappa shape index (κ2) is 6.51. The predicted molar refractivity (Wildman–Crippen MR) is 114 cm³/mol. The zero-order valence-electron chi connectivity index (χ0n) is 17.0. The lowest BCUT2D eigenvalue weighted by atomic mass is 9.72.